The van der Waals surface area contributed by atoms with Crippen molar-refractivity contribution in [1.82, 2.24) is 4.90 Å². The van der Waals surface area contributed by atoms with Crippen LogP contribution in [0.25, 0.3) is 0 Å². The molecule has 3 heterocycles. The van der Waals surface area contributed by atoms with Crippen LogP contribution >= 0.6 is 0 Å². The third-order valence-corrected chi connectivity index (χ3v) is 5.04. The highest BCUT2D eigenvalue weighted by molar-refractivity contribution is 6.22. The van der Waals surface area contributed by atoms with Gasteiger partial charge in [-0.3, -0.25) is 34.2 Å². The topological polar surface area (TPSA) is 153 Å². The van der Waals surface area contributed by atoms with Crippen LogP contribution in [0.4, 0.5) is 5.88 Å². The van der Waals surface area contributed by atoms with E-state index in [1.807, 2.05) is 0 Å². The van der Waals surface area contributed by atoms with Crippen LogP contribution in [0.5, 0.6) is 0 Å². The van der Waals surface area contributed by atoms with E-state index in [4.69, 9.17) is 14.6 Å². The number of benzene rings is 1. The van der Waals surface area contributed by atoms with E-state index >= 15 is 0 Å². The fourth-order valence-corrected chi connectivity index (χ4v) is 3.60. The number of hydrogen-bond donors (Lipinski definition) is 2. The van der Waals surface area contributed by atoms with Crippen molar-refractivity contribution in [2.75, 3.05) is 5.32 Å². The maximum absolute atomic E-state index is 12.8. The first-order valence-electron chi connectivity index (χ1n) is 9.47. The van der Waals surface area contributed by atoms with Crippen LogP contribution in [0.15, 0.2) is 45.4 Å². The zero-order valence-corrected chi connectivity index (χ0v) is 17.1. The number of Topliss-reactive ketones (excluding diaryl/α,β-unsaturated/α-hetero) is 1. The van der Waals surface area contributed by atoms with Gasteiger partial charge in [0.2, 0.25) is 5.88 Å². The fourth-order valence-electron chi connectivity index (χ4n) is 3.60. The van der Waals surface area contributed by atoms with E-state index in [0.29, 0.717) is 5.76 Å². The molecule has 0 unspecified atom stereocenters. The number of furan rings is 2. The van der Waals surface area contributed by atoms with Gasteiger partial charge in [-0.15, -0.1) is 0 Å². The molecule has 0 saturated carbocycles. The lowest BCUT2D eigenvalue weighted by molar-refractivity contribution is 0.0631. The van der Waals surface area contributed by atoms with Crippen LogP contribution in [0.3, 0.4) is 0 Å². The fraction of sp³-hybridized carbons (Fsp3) is 0.136. The Bertz CT molecular complexity index is 1300. The van der Waals surface area contributed by atoms with Crippen molar-refractivity contribution >= 4 is 35.3 Å². The average Bonchev–Trinajstić information content (AvgIpc) is 3.42. The highest BCUT2D eigenvalue weighted by Crippen LogP contribution is 2.29. The minimum Gasteiger partial charge on any atom is -0.467 e. The molecule has 0 spiro atoms. The van der Waals surface area contributed by atoms with E-state index in [9.17, 15) is 24.0 Å². The third kappa shape index (κ3) is 3.37. The summed E-state index contributed by atoms with van der Waals surface area (Å²) in [7, 11) is 0. The number of ketones is 1. The summed E-state index contributed by atoms with van der Waals surface area (Å²) < 4.78 is 10.6. The van der Waals surface area contributed by atoms with Crippen LogP contribution < -0.4 is 11.1 Å². The van der Waals surface area contributed by atoms with Crippen molar-refractivity contribution in [3.63, 3.8) is 0 Å². The summed E-state index contributed by atoms with van der Waals surface area (Å²) in [6, 6.07) is 7.29. The summed E-state index contributed by atoms with van der Waals surface area (Å²) in [4.78, 5) is 62.8. The molecule has 0 fully saturated rings. The molecule has 1 aromatic carbocycles. The zero-order valence-electron chi connectivity index (χ0n) is 17.1. The van der Waals surface area contributed by atoms with Gasteiger partial charge in [-0.25, -0.2) is 0 Å². The molecule has 3 N–H and O–H groups in total. The van der Waals surface area contributed by atoms with Crippen LogP contribution in [0.2, 0.25) is 0 Å². The number of fused-ring (bicyclic) bond motifs is 1. The Balaban J connectivity index is 1.62. The molecule has 1 aliphatic rings. The number of nitrogens with zero attached hydrogens (tertiary/aromatic N) is 1. The predicted molar refractivity (Wildman–Crippen MR) is 109 cm³/mol. The van der Waals surface area contributed by atoms with Crippen molar-refractivity contribution in [2.24, 2.45) is 5.73 Å². The SMILES string of the molecule is CC(=O)c1c(C)oc(NC(=O)c2ccc3c(c2)C(=O)N(Cc2ccco2)C3=O)c1C(N)=O. The molecule has 4 rings (SSSR count). The van der Waals surface area contributed by atoms with Gasteiger partial charge in [0, 0.05) is 5.56 Å². The van der Waals surface area contributed by atoms with Gasteiger partial charge >= 0.3 is 0 Å². The zero-order chi connectivity index (χ0) is 23.2. The maximum atomic E-state index is 12.8. The Kier molecular flexibility index (Phi) is 4.97. The van der Waals surface area contributed by atoms with E-state index in [0.717, 1.165) is 4.90 Å². The summed E-state index contributed by atoms with van der Waals surface area (Å²) in [5.74, 6) is -2.88. The quantitative estimate of drug-likeness (QED) is 0.445. The summed E-state index contributed by atoms with van der Waals surface area (Å²) in [6.45, 7) is 2.67. The number of rotatable bonds is 6. The molecular formula is C22H17N3O7. The summed E-state index contributed by atoms with van der Waals surface area (Å²) in [5, 5.41) is 2.41. The molecule has 3 aromatic rings. The van der Waals surface area contributed by atoms with Gasteiger partial charge in [0.1, 0.15) is 17.1 Å². The van der Waals surface area contributed by atoms with Gasteiger partial charge in [0.05, 0.1) is 29.5 Å². The lowest BCUT2D eigenvalue weighted by Gasteiger charge is -2.11. The van der Waals surface area contributed by atoms with E-state index in [-0.39, 0.29) is 46.0 Å². The molecule has 162 valence electrons. The first-order valence-corrected chi connectivity index (χ1v) is 9.47. The Morgan fingerprint density at radius 3 is 2.41 bits per heavy atom. The van der Waals surface area contributed by atoms with Gasteiger partial charge in [0.15, 0.2) is 5.78 Å². The molecule has 0 radical (unpaired) electrons. The normalized spacial score (nSPS) is 12.8. The predicted octanol–water partition coefficient (Wildman–Crippen LogP) is 2.53. The Hall–Kier alpha value is -4.47. The summed E-state index contributed by atoms with van der Waals surface area (Å²) in [6.07, 6.45) is 1.43. The van der Waals surface area contributed by atoms with Crippen molar-refractivity contribution in [2.45, 2.75) is 20.4 Å². The molecule has 10 heteroatoms. The van der Waals surface area contributed by atoms with E-state index < -0.39 is 29.4 Å². The average molecular weight is 435 g/mol. The van der Waals surface area contributed by atoms with Gasteiger partial charge < -0.3 is 14.6 Å². The molecule has 0 bridgehead atoms. The lowest BCUT2D eigenvalue weighted by Crippen LogP contribution is -2.28. The maximum Gasteiger partial charge on any atom is 0.261 e. The number of nitrogens with one attached hydrogen (secondary N) is 1. The monoisotopic (exact) mass is 435 g/mol. The number of imide groups is 1. The second kappa shape index (κ2) is 7.65. The van der Waals surface area contributed by atoms with Crippen LogP contribution in [-0.2, 0) is 6.54 Å². The Labute approximate surface area is 181 Å². The standard InChI is InChI=1S/C22H17N3O7/c1-10(26)16-11(2)32-20(17(16)18(23)27)24-19(28)12-5-6-14-15(8-12)22(30)25(21(14)29)9-13-4-3-7-31-13/h3-8H,9H2,1-2H3,(H2,23,27)(H,24,28). The molecular weight excluding hydrogens is 418 g/mol. The third-order valence-electron chi connectivity index (χ3n) is 5.04. The highest BCUT2D eigenvalue weighted by Gasteiger charge is 2.36. The molecule has 4 amide bonds. The molecule has 0 saturated heterocycles. The van der Waals surface area contributed by atoms with Gasteiger partial charge in [-0.1, -0.05) is 0 Å². The first-order chi connectivity index (χ1) is 15.2. The molecule has 10 nitrogen and oxygen atoms in total. The van der Waals surface area contributed by atoms with Gasteiger partial charge in [0.25, 0.3) is 23.6 Å². The first kappa shape index (κ1) is 20.8. The number of primary amides is 1. The summed E-state index contributed by atoms with van der Waals surface area (Å²) >= 11 is 0. The van der Waals surface area contributed by atoms with Crippen molar-refractivity contribution in [1.29, 1.82) is 0 Å². The van der Waals surface area contributed by atoms with E-state index in [1.54, 1.807) is 12.1 Å². The van der Waals surface area contributed by atoms with Crippen molar-refractivity contribution in [3.8, 4) is 0 Å². The van der Waals surface area contributed by atoms with Crippen molar-refractivity contribution in [3.05, 3.63) is 75.9 Å². The molecule has 2 aromatic heterocycles. The smallest absolute Gasteiger partial charge is 0.261 e. The molecule has 1 aliphatic heterocycles. The number of carbonyl (C=O) groups excluding carboxylic acids is 5. The van der Waals surface area contributed by atoms with Crippen LogP contribution in [-0.4, -0.2) is 34.3 Å². The second-order valence-corrected chi connectivity index (χ2v) is 7.15. The van der Waals surface area contributed by atoms with Crippen LogP contribution in [0.1, 0.15) is 70.2 Å². The largest absolute Gasteiger partial charge is 0.467 e. The molecule has 0 aliphatic carbocycles. The van der Waals surface area contributed by atoms with Gasteiger partial charge in [-0.05, 0) is 44.2 Å². The molecule has 0 atom stereocenters. The Morgan fingerprint density at radius 1 is 1.06 bits per heavy atom. The summed E-state index contributed by atoms with van der Waals surface area (Å²) in [5.41, 5.74) is 5.36. The Morgan fingerprint density at radius 2 is 1.78 bits per heavy atom. The number of amides is 4. The number of hydrogen-bond acceptors (Lipinski definition) is 7. The number of carbonyl (C=O) groups is 5. The minimum absolute atomic E-state index is 0.0175. The highest BCUT2D eigenvalue weighted by atomic mass is 16.4. The molecule has 32 heavy (non-hydrogen) atoms. The number of nitrogens with two attached hydrogens (primary N) is 1. The van der Waals surface area contributed by atoms with Crippen molar-refractivity contribution < 1.29 is 32.8 Å². The van der Waals surface area contributed by atoms with E-state index in [2.05, 4.69) is 5.32 Å². The van der Waals surface area contributed by atoms with Gasteiger partial charge in [-0.2, -0.15) is 0 Å². The van der Waals surface area contributed by atoms with E-state index in [1.165, 1.54) is 38.3 Å². The number of anilines is 1. The van der Waals surface area contributed by atoms with Crippen LogP contribution in [0, 0.1) is 6.92 Å². The second-order valence-electron chi connectivity index (χ2n) is 7.15. The minimum atomic E-state index is -0.939. The lowest BCUT2D eigenvalue weighted by atomic mass is 10.0. The number of aryl methyl sites for hydroxylation is 1.